The third-order valence-corrected chi connectivity index (χ3v) is 7.20. The van der Waals surface area contributed by atoms with Crippen molar-refractivity contribution in [3.8, 4) is 0 Å². The normalized spacial score (nSPS) is 29.9. The number of halogens is 1. The Morgan fingerprint density at radius 2 is 1.42 bits per heavy atom. The van der Waals surface area contributed by atoms with Gasteiger partial charge in [0, 0.05) is 5.54 Å². The lowest BCUT2D eigenvalue weighted by Gasteiger charge is -2.31. The molecule has 1 aromatic rings. The topological polar surface area (TPSA) is 0 Å². The smallest absolute Gasteiger partial charge is 0.000525 e. The number of rotatable bonds is 7. The second-order valence-electron chi connectivity index (χ2n) is 8.89. The fourth-order valence-electron chi connectivity index (χ4n) is 5.27. The van der Waals surface area contributed by atoms with Gasteiger partial charge in [0.25, 0.3) is 0 Å². The molecule has 3 rings (SSSR count). The van der Waals surface area contributed by atoms with E-state index in [1.165, 1.54) is 82.6 Å². The minimum Gasteiger partial charge on any atom is -0.0933 e. The highest BCUT2D eigenvalue weighted by molar-refractivity contribution is 6.25. The van der Waals surface area contributed by atoms with Crippen LogP contribution in [0.15, 0.2) is 35.9 Å². The van der Waals surface area contributed by atoms with Gasteiger partial charge in [-0.1, -0.05) is 68.1 Å². The first kappa shape index (κ1) is 20.0. The van der Waals surface area contributed by atoms with Crippen molar-refractivity contribution >= 4 is 11.6 Å². The number of benzene rings is 1. The van der Waals surface area contributed by atoms with Crippen LogP contribution >= 0.6 is 11.6 Å². The Balaban J connectivity index is 1.36. The molecule has 2 fully saturated rings. The van der Waals surface area contributed by atoms with Crippen LogP contribution < -0.4 is 0 Å². The van der Waals surface area contributed by atoms with Crippen molar-refractivity contribution in [1.82, 2.24) is 0 Å². The Morgan fingerprint density at radius 1 is 0.846 bits per heavy atom. The molecule has 2 saturated carbocycles. The molecule has 1 aromatic carbocycles. The summed E-state index contributed by atoms with van der Waals surface area (Å²) in [6, 6.07) is 9.54. The van der Waals surface area contributed by atoms with E-state index in [2.05, 4.69) is 37.3 Å². The summed E-state index contributed by atoms with van der Waals surface area (Å²) in [6.45, 7) is 2.26. The van der Waals surface area contributed by atoms with Crippen LogP contribution in [0.25, 0.3) is 0 Å². The molecule has 0 spiro atoms. The van der Waals surface area contributed by atoms with Crippen molar-refractivity contribution in [2.75, 3.05) is 0 Å². The fraction of sp³-hybridized carbons (Fsp3) is 0.680. The number of hydrogen-bond donors (Lipinski definition) is 0. The van der Waals surface area contributed by atoms with E-state index >= 15 is 0 Å². The van der Waals surface area contributed by atoms with Crippen LogP contribution in [-0.2, 0) is 6.42 Å². The Morgan fingerprint density at radius 3 is 1.96 bits per heavy atom. The first-order valence-electron chi connectivity index (χ1n) is 11.1. The summed E-state index contributed by atoms with van der Waals surface area (Å²) in [7, 11) is 0. The first-order valence-corrected chi connectivity index (χ1v) is 11.6. The van der Waals surface area contributed by atoms with E-state index in [4.69, 9.17) is 11.6 Å². The molecule has 0 aliphatic heterocycles. The van der Waals surface area contributed by atoms with E-state index in [0.717, 1.165) is 23.7 Å². The molecule has 2 aliphatic carbocycles. The Bertz CT molecular complexity index is 528. The van der Waals surface area contributed by atoms with Crippen LogP contribution in [-0.4, -0.2) is 0 Å². The molecular weight excluding hydrogens is 336 g/mol. The zero-order chi connectivity index (χ0) is 18.2. The Labute approximate surface area is 166 Å². The average Bonchev–Trinajstić information content (AvgIpc) is 2.69. The molecule has 0 nitrogen and oxygen atoms in total. The lowest BCUT2D eigenvalue weighted by molar-refractivity contribution is 0.246. The van der Waals surface area contributed by atoms with Crippen LogP contribution in [0.3, 0.4) is 0 Å². The van der Waals surface area contributed by atoms with E-state index in [1.807, 2.05) is 0 Å². The molecule has 26 heavy (non-hydrogen) atoms. The van der Waals surface area contributed by atoms with Crippen molar-refractivity contribution in [2.45, 2.75) is 89.9 Å². The largest absolute Gasteiger partial charge is 0.0933 e. The van der Waals surface area contributed by atoms with E-state index in [-0.39, 0.29) is 0 Å². The van der Waals surface area contributed by atoms with Crippen LogP contribution in [0.4, 0.5) is 0 Å². The highest BCUT2D eigenvalue weighted by Crippen LogP contribution is 2.40. The molecular formula is C25H37Cl. The molecule has 1 heteroatoms. The molecule has 0 bridgehead atoms. The van der Waals surface area contributed by atoms with Crippen molar-refractivity contribution < 1.29 is 0 Å². The van der Waals surface area contributed by atoms with Crippen LogP contribution in [0, 0.1) is 17.8 Å². The van der Waals surface area contributed by atoms with E-state index in [0.29, 0.717) is 0 Å². The zero-order valence-corrected chi connectivity index (χ0v) is 17.4. The average molecular weight is 373 g/mol. The molecule has 0 atom stereocenters. The number of aryl methyl sites for hydroxylation is 1. The third kappa shape index (κ3) is 5.88. The van der Waals surface area contributed by atoms with Gasteiger partial charge >= 0.3 is 0 Å². The van der Waals surface area contributed by atoms with Gasteiger partial charge in [-0.05, 0) is 92.6 Å². The minimum atomic E-state index is 0.753. The van der Waals surface area contributed by atoms with Gasteiger partial charge in [0.2, 0.25) is 0 Å². The van der Waals surface area contributed by atoms with Gasteiger partial charge in [-0.2, -0.15) is 0 Å². The summed E-state index contributed by atoms with van der Waals surface area (Å²) in [5.74, 6) is 3.55. The van der Waals surface area contributed by atoms with E-state index in [9.17, 15) is 0 Å². The highest BCUT2D eigenvalue weighted by atomic mass is 35.5. The first-order chi connectivity index (χ1) is 12.8. The van der Waals surface area contributed by atoms with Gasteiger partial charge in [-0.15, -0.1) is 0 Å². The fourth-order valence-corrected chi connectivity index (χ4v) is 5.48. The predicted octanol–water partition coefficient (Wildman–Crippen LogP) is 8.25. The molecule has 0 radical (unpaired) electrons. The molecule has 144 valence electrons. The zero-order valence-electron chi connectivity index (χ0n) is 16.6. The maximum absolute atomic E-state index is 5.73. The maximum atomic E-state index is 5.73. The van der Waals surface area contributed by atoms with E-state index < -0.39 is 0 Å². The molecule has 0 saturated heterocycles. The summed E-state index contributed by atoms with van der Waals surface area (Å²) in [5, 5.41) is 0. The van der Waals surface area contributed by atoms with Gasteiger partial charge in [0.1, 0.15) is 0 Å². The Hall–Kier alpha value is -0.750. The second kappa shape index (κ2) is 10.5. The van der Waals surface area contributed by atoms with Gasteiger partial charge < -0.3 is 0 Å². The number of hydrogen-bond acceptors (Lipinski definition) is 0. The molecule has 0 aromatic heterocycles. The second-order valence-corrected chi connectivity index (χ2v) is 9.14. The highest BCUT2D eigenvalue weighted by Gasteiger charge is 2.24. The monoisotopic (exact) mass is 372 g/mol. The summed E-state index contributed by atoms with van der Waals surface area (Å²) in [4.78, 5) is 0. The maximum Gasteiger partial charge on any atom is 0.000525 e. The predicted molar refractivity (Wildman–Crippen MR) is 115 cm³/mol. The van der Waals surface area contributed by atoms with Crippen LogP contribution in [0.1, 0.15) is 94.6 Å². The van der Waals surface area contributed by atoms with Gasteiger partial charge in [0.05, 0.1) is 0 Å². The molecule has 0 amide bonds. The van der Waals surface area contributed by atoms with Gasteiger partial charge in [0.15, 0.2) is 0 Å². The van der Waals surface area contributed by atoms with Gasteiger partial charge in [-0.3, -0.25) is 0 Å². The van der Waals surface area contributed by atoms with Crippen molar-refractivity contribution in [3.63, 3.8) is 0 Å². The van der Waals surface area contributed by atoms with Gasteiger partial charge in [-0.25, -0.2) is 0 Å². The van der Waals surface area contributed by atoms with E-state index in [1.54, 1.807) is 11.1 Å². The summed E-state index contributed by atoms with van der Waals surface area (Å²) in [5.41, 5.74) is 4.82. The van der Waals surface area contributed by atoms with Crippen molar-refractivity contribution in [1.29, 1.82) is 0 Å². The molecule has 2 aliphatic rings. The summed E-state index contributed by atoms with van der Waals surface area (Å²) in [6.07, 6.45) is 18.9. The van der Waals surface area contributed by atoms with Crippen molar-refractivity contribution in [3.05, 3.63) is 47.0 Å². The Kier molecular flexibility index (Phi) is 8.11. The molecule has 0 unspecified atom stereocenters. The minimum absolute atomic E-state index is 0.753. The third-order valence-electron chi connectivity index (χ3n) is 7.06. The SMILES string of the molecule is CCCc1ccc(C2CCC(CCC3CCC(/C=C/Cl)CC3)CC2)cc1. The lowest BCUT2D eigenvalue weighted by atomic mass is 9.74. The molecule has 0 heterocycles. The standard InChI is InChI=1S/C25H37Cl/c1-2-3-20-10-14-24(15-11-20)25-16-12-22(13-17-25)5-4-21-6-8-23(9-7-21)18-19-26/h10-11,14-15,18-19,21-23,25H,2-9,12-13,16-17H2,1H3/b19-18+. The summed E-state index contributed by atoms with van der Waals surface area (Å²) >= 11 is 5.73. The number of allylic oxidation sites excluding steroid dienone is 1. The van der Waals surface area contributed by atoms with Crippen LogP contribution in [0.2, 0.25) is 0 Å². The van der Waals surface area contributed by atoms with Crippen molar-refractivity contribution in [2.24, 2.45) is 17.8 Å². The molecule has 0 N–H and O–H groups in total. The quantitative estimate of drug-likeness (QED) is 0.451. The van der Waals surface area contributed by atoms with Crippen LogP contribution in [0.5, 0.6) is 0 Å². The lowest BCUT2D eigenvalue weighted by Crippen LogP contribution is -2.17. The summed E-state index contributed by atoms with van der Waals surface area (Å²) < 4.78 is 0.